The first-order chi connectivity index (χ1) is 8.18. The van der Waals surface area contributed by atoms with Crippen molar-refractivity contribution in [2.45, 2.75) is 25.8 Å². The fraction of sp³-hybridized carbons (Fsp3) is 0.462. The van der Waals surface area contributed by atoms with E-state index in [1.165, 1.54) is 0 Å². The van der Waals surface area contributed by atoms with Gasteiger partial charge in [0.25, 0.3) is 0 Å². The second-order valence-electron chi connectivity index (χ2n) is 4.38. The first kappa shape index (κ1) is 14.8. The molecule has 2 rings (SSSR count). The van der Waals surface area contributed by atoms with E-state index >= 15 is 0 Å². The highest BCUT2D eigenvalue weighted by atomic mass is 35.5. The van der Waals surface area contributed by atoms with Crippen molar-refractivity contribution in [3.8, 4) is 5.75 Å². The molecule has 5 heteroatoms. The standard InChI is InChI=1S/C13H18N2O2.ClH/c1-10(14)6-7-13(16)15-8-9-17-12-5-3-2-4-11(12)15;/h2-5,10H,6-9,14H2,1H3;1H. The summed E-state index contributed by atoms with van der Waals surface area (Å²) in [6.07, 6.45) is 1.21. The predicted molar refractivity (Wildman–Crippen MR) is 74.4 cm³/mol. The van der Waals surface area contributed by atoms with E-state index in [1.54, 1.807) is 4.90 Å². The van der Waals surface area contributed by atoms with Crippen LogP contribution in [0.4, 0.5) is 5.69 Å². The summed E-state index contributed by atoms with van der Waals surface area (Å²) in [7, 11) is 0. The molecule has 1 unspecified atom stereocenters. The SMILES string of the molecule is CC(N)CCC(=O)N1CCOc2ccccc21.Cl. The first-order valence-corrected chi connectivity index (χ1v) is 5.96. The molecule has 1 aliphatic heterocycles. The number of amides is 1. The number of halogens is 1. The highest BCUT2D eigenvalue weighted by Crippen LogP contribution is 2.31. The second kappa shape index (κ2) is 6.61. The molecule has 1 atom stereocenters. The molecule has 0 aromatic heterocycles. The van der Waals surface area contributed by atoms with Gasteiger partial charge in [0, 0.05) is 12.5 Å². The summed E-state index contributed by atoms with van der Waals surface area (Å²) in [6, 6.07) is 7.70. The quantitative estimate of drug-likeness (QED) is 0.914. The fourth-order valence-electron chi connectivity index (χ4n) is 1.91. The molecule has 0 fully saturated rings. The van der Waals surface area contributed by atoms with Crippen LogP contribution >= 0.6 is 12.4 Å². The minimum Gasteiger partial charge on any atom is -0.490 e. The van der Waals surface area contributed by atoms with Crippen LogP contribution in [-0.4, -0.2) is 25.1 Å². The van der Waals surface area contributed by atoms with Crippen molar-refractivity contribution in [1.82, 2.24) is 0 Å². The van der Waals surface area contributed by atoms with E-state index in [1.807, 2.05) is 31.2 Å². The summed E-state index contributed by atoms with van der Waals surface area (Å²) < 4.78 is 5.51. The Hall–Kier alpha value is -1.26. The van der Waals surface area contributed by atoms with Crippen LogP contribution in [0.2, 0.25) is 0 Å². The third-order valence-electron chi connectivity index (χ3n) is 2.84. The zero-order chi connectivity index (χ0) is 12.3. The van der Waals surface area contributed by atoms with Crippen LogP contribution in [-0.2, 0) is 4.79 Å². The number of anilines is 1. The minimum atomic E-state index is 0. The van der Waals surface area contributed by atoms with Crippen molar-refractivity contribution in [2.24, 2.45) is 5.73 Å². The molecule has 0 bridgehead atoms. The van der Waals surface area contributed by atoms with Gasteiger partial charge in [0.05, 0.1) is 12.2 Å². The summed E-state index contributed by atoms with van der Waals surface area (Å²) in [6.45, 7) is 3.09. The number of nitrogens with zero attached hydrogens (tertiary/aromatic N) is 1. The smallest absolute Gasteiger partial charge is 0.227 e. The molecule has 4 nitrogen and oxygen atoms in total. The van der Waals surface area contributed by atoms with E-state index in [2.05, 4.69) is 0 Å². The molecule has 1 aliphatic rings. The lowest BCUT2D eigenvalue weighted by Gasteiger charge is -2.29. The van der Waals surface area contributed by atoms with E-state index in [4.69, 9.17) is 10.5 Å². The molecule has 0 radical (unpaired) electrons. The molecule has 1 aromatic carbocycles. The molecule has 1 heterocycles. The fourth-order valence-corrected chi connectivity index (χ4v) is 1.91. The summed E-state index contributed by atoms with van der Waals surface area (Å²) in [5.41, 5.74) is 6.54. The zero-order valence-electron chi connectivity index (χ0n) is 10.5. The highest BCUT2D eigenvalue weighted by molar-refractivity contribution is 5.95. The number of carbonyl (C=O) groups is 1. The van der Waals surface area contributed by atoms with Crippen molar-refractivity contribution >= 4 is 24.0 Å². The Morgan fingerprint density at radius 3 is 2.94 bits per heavy atom. The van der Waals surface area contributed by atoms with Crippen molar-refractivity contribution in [2.75, 3.05) is 18.1 Å². The first-order valence-electron chi connectivity index (χ1n) is 5.96. The van der Waals surface area contributed by atoms with E-state index in [9.17, 15) is 4.79 Å². The number of benzene rings is 1. The lowest BCUT2D eigenvalue weighted by Crippen LogP contribution is -2.38. The van der Waals surface area contributed by atoms with Crippen LogP contribution in [0, 0.1) is 0 Å². The molecule has 0 saturated heterocycles. The van der Waals surface area contributed by atoms with Gasteiger partial charge in [-0.3, -0.25) is 4.79 Å². The van der Waals surface area contributed by atoms with Gasteiger partial charge < -0.3 is 15.4 Å². The Morgan fingerprint density at radius 1 is 1.50 bits per heavy atom. The average Bonchev–Trinajstić information content (AvgIpc) is 2.35. The van der Waals surface area contributed by atoms with E-state index in [0.717, 1.165) is 17.9 Å². The maximum Gasteiger partial charge on any atom is 0.227 e. The van der Waals surface area contributed by atoms with E-state index in [-0.39, 0.29) is 24.4 Å². The van der Waals surface area contributed by atoms with Crippen molar-refractivity contribution in [3.05, 3.63) is 24.3 Å². The molecule has 1 aromatic rings. The number of para-hydroxylation sites is 2. The van der Waals surface area contributed by atoms with Gasteiger partial charge >= 0.3 is 0 Å². The zero-order valence-corrected chi connectivity index (χ0v) is 11.3. The van der Waals surface area contributed by atoms with Gasteiger partial charge in [-0.15, -0.1) is 12.4 Å². The van der Waals surface area contributed by atoms with Crippen molar-refractivity contribution < 1.29 is 9.53 Å². The molecule has 2 N–H and O–H groups in total. The summed E-state index contributed by atoms with van der Waals surface area (Å²) in [4.78, 5) is 13.9. The van der Waals surface area contributed by atoms with Gasteiger partial charge in [-0.05, 0) is 25.5 Å². The second-order valence-corrected chi connectivity index (χ2v) is 4.38. The number of rotatable bonds is 3. The van der Waals surface area contributed by atoms with Crippen LogP contribution in [0.3, 0.4) is 0 Å². The lowest BCUT2D eigenvalue weighted by atomic mass is 10.1. The van der Waals surface area contributed by atoms with Gasteiger partial charge in [-0.2, -0.15) is 0 Å². The maximum atomic E-state index is 12.1. The third-order valence-corrected chi connectivity index (χ3v) is 2.84. The van der Waals surface area contributed by atoms with Crippen LogP contribution in [0.25, 0.3) is 0 Å². The number of hydrogen-bond donors (Lipinski definition) is 1. The predicted octanol–water partition coefficient (Wildman–Crippen LogP) is 1.96. The lowest BCUT2D eigenvalue weighted by molar-refractivity contribution is -0.119. The molecule has 0 spiro atoms. The van der Waals surface area contributed by atoms with Crippen LogP contribution in [0.5, 0.6) is 5.75 Å². The monoisotopic (exact) mass is 270 g/mol. The molecule has 1 amide bonds. The normalized spacial score (nSPS) is 15.1. The molecule has 18 heavy (non-hydrogen) atoms. The molecular formula is C13H19ClN2O2. The van der Waals surface area contributed by atoms with Crippen LogP contribution in [0.15, 0.2) is 24.3 Å². The van der Waals surface area contributed by atoms with E-state index < -0.39 is 0 Å². The Kier molecular flexibility index (Phi) is 5.44. The van der Waals surface area contributed by atoms with Crippen LogP contribution in [0.1, 0.15) is 19.8 Å². The van der Waals surface area contributed by atoms with Gasteiger partial charge in [0.1, 0.15) is 12.4 Å². The van der Waals surface area contributed by atoms with Gasteiger partial charge in [0.2, 0.25) is 5.91 Å². The summed E-state index contributed by atoms with van der Waals surface area (Å²) >= 11 is 0. The van der Waals surface area contributed by atoms with Gasteiger partial charge in [-0.1, -0.05) is 12.1 Å². The number of hydrogen-bond acceptors (Lipinski definition) is 3. The minimum absolute atomic E-state index is 0. The molecule has 100 valence electrons. The van der Waals surface area contributed by atoms with Crippen molar-refractivity contribution in [1.29, 1.82) is 0 Å². The Bertz CT molecular complexity index is 410. The molecule has 0 aliphatic carbocycles. The summed E-state index contributed by atoms with van der Waals surface area (Å²) in [5, 5.41) is 0. The average molecular weight is 271 g/mol. The number of carbonyl (C=O) groups excluding carboxylic acids is 1. The molecule has 0 saturated carbocycles. The maximum absolute atomic E-state index is 12.1. The summed E-state index contributed by atoms with van der Waals surface area (Å²) in [5.74, 6) is 0.908. The Morgan fingerprint density at radius 2 is 2.22 bits per heavy atom. The van der Waals surface area contributed by atoms with Gasteiger partial charge in [-0.25, -0.2) is 0 Å². The Balaban J connectivity index is 0.00000162. The van der Waals surface area contributed by atoms with E-state index in [0.29, 0.717) is 19.6 Å². The number of fused-ring (bicyclic) bond motifs is 1. The van der Waals surface area contributed by atoms with Crippen LogP contribution < -0.4 is 15.4 Å². The number of nitrogens with two attached hydrogens (primary N) is 1. The molecular weight excluding hydrogens is 252 g/mol. The van der Waals surface area contributed by atoms with Gasteiger partial charge in [0.15, 0.2) is 0 Å². The largest absolute Gasteiger partial charge is 0.490 e. The third kappa shape index (κ3) is 3.37. The highest BCUT2D eigenvalue weighted by Gasteiger charge is 2.22. The van der Waals surface area contributed by atoms with Crippen molar-refractivity contribution in [3.63, 3.8) is 0 Å². The number of ether oxygens (including phenoxy) is 1. The Labute approximate surface area is 114 Å². The topological polar surface area (TPSA) is 55.6 Å².